The van der Waals surface area contributed by atoms with Crippen molar-refractivity contribution in [3.63, 3.8) is 0 Å². The van der Waals surface area contributed by atoms with Crippen LogP contribution in [0.2, 0.25) is 0 Å². The average molecular weight is 421 g/mol. The van der Waals surface area contributed by atoms with Gasteiger partial charge in [-0.2, -0.15) is 0 Å². The third-order valence-electron chi connectivity index (χ3n) is 5.57. The maximum atomic E-state index is 13.6. The molecule has 1 fully saturated rings. The summed E-state index contributed by atoms with van der Waals surface area (Å²) in [5.74, 6) is 1.51. The molecule has 31 heavy (non-hydrogen) atoms. The fourth-order valence-corrected chi connectivity index (χ4v) is 3.98. The Morgan fingerprint density at radius 2 is 2.06 bits per heavy atom. The number of nitrogens with one attached hydrogen (secondary N) is 2. The number of hydrogen-bond acceptors (Lipinski definition) is 3. The van der Waals surface area contributed by atoms with Crippen LogP contribution in [0.5, 0.6) is 0 Å². The van der Waals surface area contributed by atoms with Gasteiger partial charge in [0.1, 0.15) is 11.6 Å². The van der Waals surface area contributed by atoms with Crippen molar-refractivity contribution in [2.45, 2.75) is 32.0 Å². The molecule has 1 aliphatic heterocycles. The van der Waals surface area contributed by atoms with Gasteiger partial charge in [-0.3, -0.25) is 4.99 Å². The molecule has 1 aliphatic rings. The monoisotopic (exact) mass is 420 g/mol. The third kappa shape index (κ3) is 5.63. The fourth-order valence-electron chi connectivity index (χ4n) is 3.98. The summed E-state index contributed by atoms with van der Waals surface area (Å²) >= 11 is 0. The van der Waals surface area contributed by atoms with Gasteiger partial charge in [-0.1, -0.05) is 36.4 Å². The Bertz CT molecular complexity index is 1000. The minimum absolute atomic E-state index is 0.198. The van der Waals surface area contributed by atoms with Crippen molar-refractivity contribution in [3.05, 3.63) is 84.2 Å². The normalized spacial score (nSPS) is 16.9. The summed E-state index contributed by atoms with van der Waals surface area (Å²) in [6, 6.07) is 17.4. The van der Waals surface area contributed by atoms with Crippen molar-refractivity contribution in [2.75, 3.05) is 25.0 Å². The van der Waals surface area contributed by atoms with E-state index in [2.05, 4.69) is 42.2 Å². The summed E-state index contributed by atoms with van der Waals surface area (Å²) in [4.78, 5) is 11.1. The zero-order valence-electron chi connectivity index (χ0n) is 17.8. The maximum Gasteiger partial charge on any atom is 0.191 e. The van der Waals surface area contributed by atoms with Gasteiger partial charge in [-0.15, -0.1) is 0 Å². The Balaban J connectivity index is 1.33. The molecule has 0 bridgehead atoms. The van der Waals surface area contributed by atoms with Gasteiger partial charge in [0.2, 0.25) is 0 Å². The second-order valence-electron chi connectivity index (χ2n) is 7.79. The molecule has 0 saturated carbocycles. The fraction of sp³-hybridized carbons (Fsp3) is 0.333. The molecule has 2 N–H and O–H groups in total. The molecule has 0 amide bonds. The van der Waals surface area contributed by atoms with E-state index >= 15 is 0 Å². The highest BCUT2D eigenvalue weighted by Crippen LogP contribution is 2.20. The lowest BCUT2D eigenvalue weighted by atomic mass is 10.0. The molecule has 2 aromatic carbocycles. The summed E-state index contributed by atoms with van der Waals surface area (Å²) < 4.78 is 15.8. The van der Waals surface area contributed by atoms with Crippen molar-refractivity contribution in [1.82, 2.24) is 20.2 Å². The Labute approximate surface area is 182 Å². The van der Waals surface area contributed by atoms with E-state index in [9.17, 15) is 4.39 Å². The first kappa shape index (κ1) is 20.9. The molecule has 162 valence electrons. The molecule has 4 rings (SSSR count). The summed E-state index contributed by atoms with van der Waals surface area (Å²) in [6.45, 7) is 3.12. The van der Waals surface area contributed by atoms with Gasteiger partial charge in [0.05, 0.1) is 6.54 Å². The first-order chi connectivity index (χ1) is 15.2. The number of aliphatic imine (C=N–C) groups is 1. The van der Waals surface area contributed by atoms with Gasteiger partial charge in [0, 0.05) is 50.8 Å². The topological polar surface area (TPSA) is 57.5 Å². The number of rotatable bonds is 6. The lowest BCUT2D eigenvalue weighted by Crippen LogP contribution is -2.51. The molecule has 0 radical (unpaired) electrons. The SMILES string of the molecule is CN=C(NCc1nccn1Cc1ccccc1)NC1CCCN(c2cccc(F)c2)C1. The molecule has 2 heterocycles. The first-order valence-corrected chi connectivity index (χ1v) is 10.7. The Hall–Kier alpha value is -3.35. The predicted molar refractivity (Wildman–Crippen MR) is 123 cm³/mol. The van der Waals surface area contributed by atoms with Crippen LogP contribution >= 0.6 is 0 Å². The second kappa shape index (κ2) is 10.1. The Morgan fingerprint density at radius 3 is 2.87 bits per heavy atom. The number of halogens is 1. The van der Waals surface area contributed by atoms with E-state index < -0.39 is 0 Å². The molecule has 1 aromatic heterocycles. The summed E-state index contributed by atoms with van der Waals surface area (Å²) in [5.41, 5.74) is 2.17. The largest absolute Gasteiger partial charge is 0.369 e. The van der Waals surface area contributed by atoms with Crippen molar-refractivity contribution >= 4 is 11.6 Å². The molecular formula is C24H29FN6. The molecule has 0 aliphatic carbocycles. The molecular weight excluding hydrogens is 391 g/mol. The van der Waals surface area contributed by atoms with Crippen LogP contribution in [0.3, 0.4) is 0 Å². The van der Waals surface area contributed by atoms with E-state index in [-0.39, 0.29) is 11.9 Å². The van der Waals surface area contributed by atoms with Crippen LogP contribution in [-0.2, 0) is 13.1 Å². The number of guanidine groups is 1. The smallest absolute Gasteiger partial charge is 0.191 e. The highest BCUT2D eigenvalue weighted by atomic mass is 19.1. The number of nitrogens with zero attached hydrogens (tertiary/aromatic N) is 4. The van der Waals surface area contributed by atoms with Gasteiger partial charge in [-0.05, 0) is 36.6 Å². The average Bonchev–Trinajstić information content (AvgIpc) is 3.24. The molecule has 6 nitrogen and oxygen atoms in total. The van der Waals surface area contributed by atoms with Gasteiger partial charge in [-0.25, -0.2) is 9.37 Å². The minimum atomic E-state index is -0.198. The number of anilines is 1. The molecule has 7 heteroatoms. The van der Waals surface area contributed by atoms with Crippen LogP contribution in [0, 0.1) is 5.82 Å². The summed E-state index contributed by atoms with van der Waals surface area (Å²) in [6.07, 6.45) is 5.92. The quantitative estimate of drug-likeness (QED) is 0.474. The summed E-state index contributed by atoms with van der Waals surface area (Å²) in [5, 5.41) is 6.90. The number of imidazole rings is 1. The number of benzene rings is 2. The zero-order chi connectivity index (χ0) is 21.5. The standard InChI is InChI=1S/C24H29FN6/c1-26-24(28-16-23-27-12-14-31(23)17-19-7-3-2-4-8-19)29-21-10-6-13-30(18-21)22-11-5-9-20(25)15-22/h2-5,7-9,11-12,14-15,21H,6,10,13,16-18H2,1H3,(H2,26,28,29). The molecule has 0 spiro atoms. The van der Waals surface area contributed by atoms with E-state index in [0.29, 0.717) is 6.54 Å². The van der Waals surface area contributed by atoms with Crippen molar-refractivity contribution in [3.8, 4) is 0 Å². The van der Waals surface area contributed by atoms with E-state index in [0.717, 1.165) is 49.9 Å². The van der Waals surface area contributed by atoms with Crippen molar-refractivity contribution in [2.24, 2.45) is 4.99 Å². The van der Waals surface area contributed by atoms with Crippen LogP contribution in [0.25, 0.3) is 0 Å². The summed E-state index contributed by atoms with van der Waals surface area (Å²) in [7, 11) is 1.78. The van der Waals surface area contributed by atoms with E-state index in [4.69, 9.17) is 0 Å². The zero-order valence-corrected chi connectivity index (χ0v) is 17.8. The highest BCUT2D eigenvalue weighted by molar-refractivity contribution is 5.80. The van der Waals surface area contributed by atoms with E-state index in [1.165, 1.54) is 11.6 Å². The van der Waals surface area contributed by atoms with Crippen molar-refractivity contribution in [1.29, 1.82) is 0 Å². The maximum absolute atomic E-state index is 13.6. The Kier molecular flexibility index (Phi) is 6.82. The van der Waals surface area contributed by atoms with E-state index in [1.54, 1.807) is 19.2 Å². The minimum Gasteiger partial charge on any atom is -0.369 e. The number of hydrogen-bond donors (Lipinski definition) is 2. The van der Waals surface area contributed by atoms with Crippen LogP contribution in [0.15, 0.2) is 72.0 Å². The van der Waals surface area contributed by atoms with Gasteiger partial charge in [0.25, 0.3) is 0 Å². The molecule has 1 saturated heterocycles. The molecule has 1 atom stereocenters. The highest BCUT2D eigenvalue weighted by Gasteiger charge is 2.21. The lowest BCUT2D eigenvalue weighted by molar-refractivity contribution is 0.467. The van der Waals surface area contributed by atoms with Gasteiger partial charge < -0.3 is 20.1 Å². The van der Waals surface area contributed by atoms with Crippen LogP contribution in [0.4, 0.5) is 10.1 Å². The Morgan fingerprint density at radius 1 is 1.19 bits per heavy atom. The number of aromatic nitrogens is 2. The lowest BCUT2D eigenvalue weighted by Gasteiger charge is -2.35. The van der Waals surface area contributed by atoms with Crippen LogP contribution in [-0.4, -0.2) is 41.7 Å². The molecule has 1 unspecified atom stereocenters. The third-order valence-corrected chi connectivity index (χ3v) is 5.57. The second-order valence-corrected chi connectivity index (χ2v) is 7.79. The number of piperidine rings is 1. The van der Waals surface area contributed by atoms with Crippen molar-refractivity contribution < 1.29 is 4.39 Å². The van der Waals surface area contributed by atoms with Gasteiger partial charge in [0.15, 0.2) is 5.96 Å². The van der Waals surface area contributed by atoms with Crippen LogP contribution < -0.4 is 15.5 Å². The first-order valence-electron chi connectivity index (χ1n) is 10.7. The van der Waals surface area contributed by atoms with Gasteiger partial charge >= 0.3 is 0 Å². The predicted octanol–water partition coefficient (Wildman–Crippen LogP) is 3.40. The molecule has 3 aromatic rings. The van der Waals surface area contributed by atoms with Crippen LogP contribution in [0.1, 0.15) is 24.2 Å². The van der Waals surface area contributed by atoms with E-state index in [1.807, 2.05) is 36.7 Å².